The van der Waals surface area contributed by atoms with E-state index in [1.807, 2.05) is 6.92 Å². The molecule has 1 saturated heterocycles. The topological polar surface area (TPSA) is 110 Å². The monoisotopic (exact) mass is 372 g/mol. The number of aliphatic hydroxyl groups is 2. The first-order valence-electron chi connectivity index (χ1n) is 9.03. The number of hydrogen-bond acceptors (Lipinski definition) is 7. The van der Waals surface area contributed by atoms with Crippen LogP contribution in [0.2, 0.25) is 0 Å². The van der Waals surface area contributed by atoms with Gasteiger partial charge in [0.15, 0.2) is 0 Å². The number of ketones is 2. The van der Waals surface area contributed by atoms with E-state index < -0.39 is 47.6 Å². The average Bonchev–Trinajstić information content (AvgIpc) is 2.60. The van der Waals surface area contributed by atoms with Crippen LogP contribution in [-0.4, -0.2) is 58.8 Å². The van der Waals surface area contributed by atoms with Gasteiger partial charge < -0.3 is 19.7 Å². The Morgan fingerprint density at radius 1 is 1.15 bits per heavy atom. The molecule has 0 amide bonds. The summed E-state index contributed by atoms with van der Waals surface area (Å²) in [6.45, 7) is 7.37. The zero-order chi connectivity index (χ0) is 20.3. The number of Topliss-reactive ketones (excluding diaryl/α,β-unsaturated/α-hetero) is 2. The van der Waals surface area contributed by atoms with Gasteiger partial charge in [0.2, 0.25) is 0 Å². The van der Waals surface area contributed by atoms with E-state index in [0.717, 1.165) is 0 Å². The maximum Gasteiger partial charge on any atom is 0.316 e. The van der Waals surface area contributed by atoms with Crippen molar-refractivity contribution in [2.45, 2.75) is 71.2 Å². The van der Waals surface area contributed by atoms with E-state index in [4.69, 9.17) is 9.47 Å². The van der Waals surface area contributed by atoms with Crippen molar-refractivity contribution in [2.75, 3.05) is 13.7 Å². The van der Waals surface area contributed by atoms with Crippen molar-refractivity contribution in [2.24, 2.45) is 17.8 Å². The Hall–Kier alpha value is -1.31. The first-order chi connectivity index (χ1) is 11.8. The molecule has 0 aromatic carbocycles. The van der Waals surface area contributed by atoms with E-state index in [9.17, 15) is 24.6 Å². The number of methoxy groups -OCH3 is 1. The van der Waals surface area contributed by atoms with Gasteiger partial charge in [0.1, 0.15) is 29.7 Å². The molecule has 0 saturated carbocycles. The summed E-state index contributed by atoms with van der Waals surface area (Å²) in [4.78, 5) is 37.1. The van der Waals surface area contributed by atoms with Gasteiger partial charge >= 0.3 is 5.97 Å². The molecule has 0 aliphatic carbocycles. The van der Waals surface area contributed by atoms with Crippen LogP contribution >= 0.6 is 0 Å². The molecular formula is C19H32O7. The second kappa shape index (κ2) is 8.59. The smallest absolute Gasteiger partial charge is 0.316 e. The van der Waals surface area contributed by atoms with Gasteiger partial charge in [-0.15, -0.1) is 0 Å². The van der Waals surface area contributed by atoms with Gasteiger partial charge in [0, 0.05) is 25.4 Å². The van der Waals surface area contributed by atoms with Gasteiger partial charge in [-0.2, -0.15) is 0 Å². The maximum absolute atomic E-state index is 12.7. The van der Waals surface area contributed by atoms with Gasteiger partial charge in [0.05, 0.1) is 11.7 Å². The number of aliphatic hydroxyl groups excluding tert-OH is 1. The summed E-state index contributed by atoms with van der Waals surface area (Å²) in [5, 5.41) is 20.9. The SMILES string of the molecule is CO[C@@]1(C)CCC(=O)C(C)C(=O)OC[C@@](C)(O)C(O)C(C)C(=O)[C@H](C)C1. The second-order valence-electron chi connectivity index (χ2n) is 8.05. The van der Waals surface area contributed by atoms with Crippen LogP contribution < -0.4 is 0 Å². The summed E-state index contributed by atoms with van der Waals surface area (Å²) in [5.41, 5.74) is -2.52. The number of rotatable bonds is 1. The Morgan fingerprint density at radius 3 is 2.27 bits per heavy atom. The molecule has 1 aliphatic rings. The van der Waals surface area contributed by atoms with Crippen LogP contribution in [0.5, 0.6) is 0 Å². The van der Waals surface area contributed by atoms with Gasteiger partial charge in [-0.1, -0.05) is 13.8 Å². The fourth-order valence-electron chi connectivity index (χ4n) is 3.34. The highest BCUT2D eigenvalue weighted by Gasteiger charge is 2.42. The maximum atomic E-state index is 12.7. The highest BCUT2D eigenvalue weighted by Crippen LogP contribution is 2.30. The van der Waals surface area contributed by atoms with Crippen LogP contribution in [0.1, 0.15) is 53.9 Å². The van der Waals surface area contributed by atoms with Crippen LogP contribution in [0.4, 0.5) is 0 Å². The normalized spacial score (nSPS) is 41.5. The molecule has 7 heteroatoms. The zero-order valence-corrected chi connectivity index (χ0v) is 16.6. The molecular weight excluding hydrogens is 340 g/mol. The fourth-order valence-corrected chi connectivity index (χ4v) is 3.34. The van der Waals surface area contributed by atoms with Gasteiger partial charge in [-0.25, -0.2) is 0 Å². The van der Waals surface area contributed by atoms with Gasteiger partial charge in [-0.3, -0.25) is 14.4 Å². The van der Waals surface area contributed by atoms with Gasteiger partial charge in [-0.05, 0) is 33.6 Å². The predicted octanol–water partition coefficient (Wildman–Crippen LogP) is 1.28. The van der Waals surface area contributed by atoms with Gasteiger partial charge in [0.25, 0.3) is 0 Å². The number of cyclic esters (lactones) is 1. The summed E-state index contributed by atoms with van der Waals surface area (Å²) < 4.78 is 10.6. The quantitative estimate of drug-likeness (QED) is 0.527. The first kappa shape index (κ1) is 22.7. The fraction of sp³-hybridized carbons (Fsp3) is 0.842. The molecule has 0 bridgehead atoms. The summed E-state index contributed by atoms with van der Waals surface area (Å²) >= 11 is 0. The largest absolute Gasteiger partial charge is 0.462 e. The van der Waals surface area contributed by atoms with Crippen molar-refractivity contribution in [3.8, 4) is 0 Å². The minimum Gasteiger partial charge on any atom is -0.462 e. The Labute approximate surface area is 155 Å². The molecule has 0 aromatic rings. The molecule has 0 aromatic heterocycles. The summed E-state index contributed by atoms with van der Waals surface area (Å²) in [6.07, 6.45) is -0.552. The predicted molar refractivity (Wildman–Crippen MR) is 94.4 cm³/mol. The minimum atomic E-state index is -1.80. The van der Waals surface area contributed by atoms with Crippen LogP contribution in [0.25, 0.3) is 0 Å². The number of carbonyl (C=O) groups is 3. The third-order valence-corrected chi connectivity index (χ3v) is 5.52. The van der Waals surface area contributed by atoms with E-state index in [1.54, 1.807) is 13.8 Å². The lowest BCUT2D eigenvalue weighted by molar-refractivity contribution is -0.169. The van der Waals surface area contributed by atoms with Crippen LogP contribution in [0, 0.1) is 17.8 Å². The molecule has 0 radical (unpaired) electrons. The third kappa shape index (κ3) is 5.34. The molecule has 1 rings (SSSR count). The highest BCUT2D eigenvalue weighted by molar-refractivity contribution is 5.98. The molecule has 0 spiro atoms. The Kier molecular flexibility index (Phi) is 7.51. The summed E-state index contributed by atoms with van der Waals surface area (Å²) in [5.74, 6) is -3.51. The lowest BCUT2D eigenvalue weighted by Crippen LogP contribution is -2.51. The van der Waals surface area contributed by atoms with Crippen molar-refractivity contribution in [1.29, 1.82) is 0 Å². The Morgan fingerprint density at radius 2 is 1.73 bits per heavy atom. The molecule has 2 N–H and O–H groups in total. The molecule has 7 nitrogen and oxygen atoms in total. The minimum absolute atomic E-state index is 0.121. The number of ether oxygens (including phenoxy) is 2. The third-order valence-electron chi connectivity index (χ3n) is 5.52. The molecule has 150 valence electrons. The molecule has 3 unspecified atom stereocenters. The molecule has 26 heavy (non-hydrogen) atoms. The first-order valence-corrected chi connectivity index (χ1v) is 9.03. The average molecular weight is 372 g/mol. The molecule has 1 aliphatic heterocycles. The lowest BCUT2D eigenvalue weighted by atomic mass is 9.78. The zero-order valence-electron chi connectivity index (χ0n) is 16.6. The molecule has 6 atom stereocenters. The number of esters is 1. The standard InChI is InChI=1S/C19H32O7/c1-11-9-18(4,25-6)8-7-14(20)12(2)17(23)26-10-19(5,24)16(22)13(3)15(11)21/h11-13,16,22,24H,7-10H2,1-6H3/t11-,12?,13?,16?,18+,19-/m1/s1. The van der Waals surface area contributed by atoms with E-state index in [2.05, 4.69) is 0 Å². The van der Waals surface area contributed by atoms with E-state index in [0.29, 0.717) is 12.8 Å². The van der Waals surface area contributed by atoms with E-state index in [1.165, 1.54) is 21.0 Å². The van der Waals surface area contributed by atoms with E-state index in [-0.39, 0.29) is 18.0 Å². The lowest BCUT2D eigenvalue weighted by Gasteiger charge is -2.35. The number of hydrogen-bond donors (Lipinski definition) is 2. The number of carbonyl (C=O) groups excluding carboxylic acids is 3. The van der Waals surface area contributed by atoms with Crippen molar-refractivity contribution in [3.63, 3.8) is 0 Å². The van der Waals surface area contributed by atoms with Crippen molar-refractivity contribution in [3.05, 3.63) is 0 Å². The van der Waals surface area contributed by atoms with Crippen molar-refractivity contribution >= 4 is 17.5 Å². The molecule has 1 fully saturated rings. The van der Waals surface area contributed by atoms with Crippen LogP contribution in [0.3, 0.4) is 0 Å². The van der Waals surface area contributed by atoms with E-state index >= 15 is 0 Å². The summed E-state index contributed by atoms with van der Waals surface area (Å²) in [6, 6.07) is 0. The van der Waals surface area contributed by atoms with Crippen molar-refractivity contribution in [1.82, 2.24) is 0 Å². The Bertz CT molecular complexity index is 528. The highest BCUT2D eigenvalue weighted by atomic mass is 16.5. The Balaban J connectivity index is 3.17. The van der Waals surface area contributed by atoms with Crippen LogP contribution in [-0.2, 0) is 23.9 Å². The van der Waals surface area contributed by atoms with Crippen molar-refractivity contribution < 1.29 is 34.1 Å². The summed E-state index contributed by atoms with van der Waals surface area (Å²) in [7, 11) is 1.52. The van der Waals surface area contributed by atoms with Crippen LogP contribution in [0.15, 0.2) is 0 Å². The molecule has 1 heterocycles. The second-order valence-corrected chi connectivity index (χ2v) is 8.05.